The Balaban J connectivity index is 2.75. The van der Waals surface area contributed by atoms with Gasteiger partial charge in [0, 0.05) is 0 Å². The van der Waals surface area contributed by atoms with Gasteiger partial charge in [0.1, 0.15) is 0 Å². The van der Waals surface area contributed by atoms with Crippen molar-refractivity contribution in [1.82, 2.24) is 0 Å². The van der Waals surface area contributed by atoms with Gasteiger partial charge in [0.25, 0.3) is 0 Å². The molecule has 0 bridgehead atoms. The fourth-order valence-corrected chi connectivity index (χ4v) is 1.17. The Hall–Kier alpha value is 0.660. The zero-order chi connectivity index (χ0) is 7.11. The van der Waals surface area contributed by atoms with Gasteiger partial charge in [-0.15, -0.1) is 0 Å². The Morgan fingerprint density at radius 2 is 2.00 bits per heavy atom. The summed E-state index contributed by atoms with van der Waals surface area (Å²) in [6.45, 7) is 2.16. The maximum Gasteiger partial charge on any atom is 0.151 e. The van der Waals surface area contributed by atoms with Crippen molar-refractivity contribution in [1.29, 1.82) is 0 Å². The minimum atomic E-state index is -0.626. The van der Waals surface area contributed by atoms with Crippen LogP contribution in [0.25, 0.3) is 0 Å². The van der Waals surface area contributed by atoms with Gasteiger partial charge in [-0.1, -0.05) is 26.2 Å². The lowest BCUT2D eigenvalue weighted by atomic mass is 10.2. The van der Waals surface area contributed by atoms with E-state index in [-0.39, 0.29) is 0 Å². The smallest absolute Gasteiger partial charge is 0.151 e. The van der Waals surface area contributed by atoms with Crippen LogP contribution in [0.15, 0.2) is 0 Å². The van der Waals surface area contributed by atoms with Crippen molar-refractivity contribution in [2.45, 2.75) is 43.2 Å². The topological polar surface area (TPSA) is 0 Å². The van der Waals surface area contributed by atoms with Crippen LogP contribution in [0, 0.1) is 0 Å². The van der Waals surface area contributed by atoms with Crippen LogP contribution in [0.4, 0.5) is 4.39 Å². The Morgan fingerprint density at radius 3 is 2.44 bits per heavy atom. The van der Waals surface area contributed by atoms with Crippen LogP contribution < -0.4 is 0 Å². The van der Waals surface area contributed by atoms with E-state index < -0.39 is 4.18 Å². The van der Waals surface area contributed by atoms with Gasteiger partial charge in [-0.2, -0.15) is 0 Å². The molecule has 56 valence electrons. The average molecular weight is 244 g/mol. The first-order valence-electron chi connectivity index (χ1n) is 3.55. The maximum absolute atomic E-state index is 12.1. The third kappa shape index (κ3) is 8.66. The SMILES string of the molecule is CCCCCCC(F)I. The third-order valence-electron chi connectivity index (χ3n) is 1.28. The summed E-state index contributed by atoms with van der Waals surface area (Å²) in [5, 5.41) is 0. The van der Waals surface area contributed by atoms with Gasteiger partial charge in [-0.3, -0.25) is 0 Å². The zero-order valence-corrected chi connectivity index (χ0v) is 8.03. The van der Waals surface area contributed by atoms with E-state index in [4.69, 9.17) is 0 Å². The molecule has 1 atom stereocenters. The molecular formula is C7H14FI. The van der Waals surface area contributed by atoms with E-state index >= 15 is 0 Å². The van der Waals surface area contributed by atoms with Crippen LogP contribution in [0.1, 0.15) is 39.0 Å². The van der Waals surface area contributed by atoms with Gasteiger partial charge in [0.2, 0.25) is 0 Å². The van der Waals surface area contributed by atoms with Crippen LogP contribution >= 0.6 is 22.6 Å². The van der Waals surface area contributed by atoms with E-state index in [0.29, 0.717) is 0 Å². The summed E-state index contributed by atoms with van der Waals surface area (Å²) >= 11 is 1.83. The molecule has 0 rings (SSSR count). The molecule has 0 aliphatic heterocycles. The number of hydrogen-bond donors (Lipinski definition) is 0. The summed E-state index contributed by atoms with van der Waals surface area (Å²) in [6.07, 6.45) is 5.47. The average Bonchev–Trinajstić information content (AvgIpc) is 1.80. The Kier molecular flexibility index (Phi) is 7.27. The molecule has 0 spiro atoms. The first kappa shape index (κ1) is 9.66. The Morgan fingerprint density at radius 1 is 1.33 bits per heavy atom. The van der Waals surface area contributed by atoms with E-state index in [1.54, 1.807) is 0 Å². The van der Waals surface area contributed by atoms with Crippen molar-refractivity contribution in [3.63, 3.8) is 0 Å². The minimum absolute atomic E-state index is 0.626. The number of hydrogen-bond acceptors (Lipinski definition) is 0. The molecule has 0 saturated heterocycles. The molecule has 0 amide bonds. The highest BCUT2D eigenvalue weighted by atomic mass is 127. The normalized spacial score (nSPS) is 13.7. The van der Waals surface area contributed by atoms with Crippen molar-refractivity contribution < 1.29 is 4.39 Å². The molecule has 0 nitrogen and oxygen atoms in total. The molecule has 0 radical (unpaired) electrons. The number of halogens is 2. The van der Waals surface area contributed by atoms with E-state index in [2.05, 4.69) is 6.92 Å². The van der Waals surface area contributed by atoms with E-state index in [0.717, 1.165) is 12.8 Å². The highest BCUT2D eigenvalue weighted by Crippen LogP contribution is 2.12. The second-order valence-electron chi connectivity index (χ2n) is 2.24. The molecule has 0 saturated carbocycles. The summed E-state index contributed by atoms with van der Waals surface area (Å²) in [7, 11) is 0. The van der Waals surface area contributed by atoms with Gasteiger partial charge >= 0.3 is 0 Å². The highest BCUT2D eigenvalue weighted by molar-refractivity contribution is 14.1. The predicted molar refractivity (Wildman–Crippen MR) is 47.7 cm³/mol. The molecular weight excluding hydrogens is 230 g/mol. The largest absolute Gasteiger partial charge is 0.236 e. The van der Waals surface area contributed by atoms with Crippen molar-refractivity contribution in [2.75, 3.05) is 0 Å². The third-order valence-corrected chi connectivity index (χ3v) is 1.90. The van der Waals surface area contributed by atoms with E-state index in [1.165, 1.54) is 19.3 Å². The maximum atomic E-state index is 12.1. The lowest BCUT2D eigenvalue weighted by molar-refractivity contribution is 0.431. The van der Waals surface area contributed by atoms with E-state index in [1.807, 2.05) is 22.6 Å². The minimum Gasteiger partial charge on any atom is -0.236 e. The van der Waals surface area contributed by atoms with Crippen molar-refractivity contribution >= 4 is 22.6 Å². The molecule has 0 N–H and O–H groups in total. The van der Waals surface area contributed by atoms with Crippen LogP contribution in [0.3, 0.4) is 0 Å². The molecule has 0 aromatic heterocycles. The zero-order valence-electron chi connectivity index (χ0n) is 5.87. The Labute approximate surface area is 70.4 Å². The molecule has 2 heteroatoms. The number of rotatable bonds is 5. The first-order chi connectivity index (χ1) is 4.27. The van der Waals surface area contributed by atoms with Gasteiger partial charge < -0.3 is 0 Å². The quantitative estimate of drug-likeness (QED) is 0.393. The fraction of sp³-hybridized carbons (Fsp3) is 1.00. The Bertz CT molecular complexity index is 54.9. The number of alkyl halides is 2. The summed E-state index contributed by atoms with van der Waals surface area (Å²) in [5.41, 5.74) is 0. The molecule has 0 heterocycles. The van der Waals surface area contributed by atoms with Crippen LogP contribution in [-0.4, -0.2) is 4.18 Å². The summed E-state index contributed by atoms with van der Waals surface area (Å²) < 4.78 is 11.5. The number of unbranched alkanes of at least 4 members (excludes halogenated alkanes) is 3. The van der Waals surface area contributed by atoms with Crippen LogP contribution in [-0.2, 0) is 0 Å². The van der Waals surface area contributed by atoms with Gasteiger partial charge in [0.15, 0.2) is 4.18 Å². The first-order valence-corrected chi connectivity index (χ1v) is 4.80. The molecule has 0 aromatic rings. The second kappa shape index (κ2) is 6.78. The molecule has 0 aliphatic rings. The monoisotopic (exact) mass is 244 g/mol. The molecule has 0 aromatic carbocycles. The van der Waals surface area contributed by atoms with Crippen LogP contribution in [0.2, 0.25) is 0 Å². The molecule has 0 fully saturated rings. The van der Waals surface area contributed by atoms with Gasteiger partial charge in [0.05, 0.1) is 0 Å². The summed E-state index contributed by atoms with van der Waals surface area (Å²) in [4.78, 5) is 0. The van der Waals surface area contributed by atoms with Crippen molar-refractivity contribution in [2.24, 2.45) is 0 Å². The standard InChI is InChI=1S/C7H14FI/c1-2-3-4-5-6-7(8)9/h7H,2-6H2,1H3. The summed E-state index contributed by atoms with van der Waals surface area (Å²) in [6, 6.07) is 0. The van der Waals surface area contributed by atoms with Crippen molar-refractivity contribution in [3.05, 3.63) is 0 Å². The lowest BCUT2D eigenvalue weighted by Gasteiger charge is -1.97. The lowest BCUT2D eigenvalue weighted by Crippen LogP contribution is -1.86. The molecule has 0 aliphatic carbocycles. The molecule has 1 unspecified atom stereocenters. The van der Waals surface area contributed by atoms with Crippen molar-refractivity contribution in [3.8, 4) is 0 Å². The highest BCUT2D eigenvalue weighted by Gasteiger charge is 1.97. The van der Waals surface area contributed by atoms with E-state index in [9.17, 15) is 4.39 Å². The van der Waals surface area contributed by atoms with Gasteiger partial charge in [-0.05, 0) is 35.4 Å². The van der Waals surface area contributed by atoms with Crippen LogP contribution in [0.5, 0.6) is 0 Å². The predicted octanol–water partition coefficient (Wildman–Crippen LogP) is 3.69. The van der Waals surface area contributed by atoms with Gasteiger partial charge in [-0.25, -0.2) is 4.39 Å². The summed E-state index contributed by atoms with van der Waals surface area (Å²) in [5.74, 6) is 0. The molecule has 9 heavy (non-hydrogen) atoms. The fourth-order valence-electron chi connectivity index (χ4n) is 0.725. The second-order valence-corrected chi connectivity index (χ2v) is 3.59.